The molecule has 5 nitrogen and oxygen atoms in total. The highest BCUT2D eigenvalue weighted by Crippen LogP contribution is 2.42. The summed E-state index contributed by atoms with van der Waals surface area (Å²) in [6.45, 7) is 7.37. The van der Waals surface area contributed by atoms with Gasteiger partial charge in [0.1, 0.15) is 0 Å². The Kier molecular flexibility index (Phi) is 3.61. The van der Waals surface area contributed by atoms with Crippen LogP contribution in [-0.2, 0) is 9.59 Å². The van der Waals surface area contributed by atoms with Crippen LogP contribution in [0.15, 0.2) is 18.2 Å². The van der Waals surface area contributed by atoms with Crippen molar-refractivity contribution in [3.05, 3.63) is 29.3 Å². The fraction of sp³-hybridized carbons (Fsp3) is 0.438. The van der Waals surface area contributed by atoms with E-state index < -0.39 is 11.4 Å². The van der Waals surface area contributed by atoms with Gasteiger partial charge in [-0.1, -0.05) is 19.9 Å². The van der Waals surface area contributed by atoms with Crippen molar-refractivity contribution in [2.75, 3.05) is 4.90 Å². The molecule has 1 fully saturated rings. The first kappa shape index (κ1) is 15.2. The maximum Gasteiger partial charge on any atom is 0.335 e. The fourth-order valence-corrected chi connectivity index (χ4v) is 2.52. The summed E-state index contributed by atoms with van der Waals surface area (Å²) in [5.74, 6) is -1.58. The van der Waals surface area contributed by atoms with E-state index >= 15 is 0 Å². The van der Waals surface area contributed by atoms with E-state index in [-0.39, 0.29) is 29.7 Å². The molecule has 1 atom stereocenters. The van der Waals surface area contributed by atoms with Gasteiger partial charge in [0.2, 0.25) is 11.8 Å². The van der Waals surface area contributed by atoms with Gasteiger partial charge in [0.05, 0.1) is 16.7 Å². The predicted molar refractivity (Wildman–Crippen MR) is 78.2 cm³/mol. The first-order chi connectivity index (χ1) is 9.68. The van der Waals surface area contributed by atoms with Crippen LogP contribution in [0.1, 0.15) is 43.1 Å². The summed E-state index contributed by atoms with van der Waals surface area (Å²) in [5.41, 5.74) is 0.404. The van der Waals surface area contributed by atoms with E-state index in [0.29, 0.717) is 11.3 Å². The van der Waals surface area contributed by atoms with Crippen LogP contribution in [0.4, 0.5) is 5.69 Å². The van der Waals surface area contributed by atoms with Gasteiger partial charge < -0.3 is 5.11 Å². The number of aromatic carboxylic acids is 1. The molecule has 21 heavy (non-hydrogen) atoms. The van der Waals surface area contributed by atoms with E-state index in [1.54, 1.807) is 19.9 Å². The molecule has 0 radical (unpaired) electrons. The van der Waals surface area contributed by atoms with Gasteiger partial charge in [0.15, 0.2) is 0 Å². The lowest BCUT2D eigenvalue weighted by Crippen LogP contribution is -2.37. The number of hydrogen-bond acceptors (Lipinski definition) is 3. The highest BCUT2D eigenvalue weighted by atomic mass is 16.4. The monoisotopic (exact) mass is 289 g/mol. The van der Waals surface area contributed by atoms with Crippen LogP contribution in [0.25, 0.3) is 0 Å². The molecule has 0 saturated carbocycles. The summed E-state index contributed by atoms with van der Waals surface area (Å²) in [6.07, 6.45) is 0.153. The maximum atomic E-state index is 12.7. The average Bonchev–Trinajstić information content (AvgIpc) is 2.62. The number of carboxylic acid groups (broad SMARTS) is 1. The van der Waals surface area contributed by atoms with Crippen LogP contribution in [0.3, 0.4) is 0 Å². The lowest BCUT2D eigenvalue weighted by Gasteiger charge is -2.26. The van der Waals surface area contributed by atoms with Crippen molar-refractivity contribution in [3.8, 4) is 0 Å². The summed E-state index contributed by atoms with van der Waals surface area (Å²) in [4.78, 5) is 37.2. The number of carboxylic acids is 1. The zero-order chi connectivity index (χ0) is 15.9. The second kappa shape index (κ2) is 4.98. The van der Waals surface area contributed by atoms with E-state index in [0.717, 1.165) is 4.90 Å². The van der Waals surface area contributed by atoms with Crippen molar-refractivity contribution < 1.29 is 19.5 Å². The highest BCUT2D eigenvalue weighted by molar-refractivity contribution is 6.23. The minimum atomic E-state index is -1.08. The Hall–Kier alpha value is -2.17. The standard InChI is InChI=1S/C16H19NO4/c1-9(2)16(4)8-13(18)17(15(16)21)12-7-11(14(19)20)6-5-10(12)3/h5-7,9H,8H2,1-4H3,(H,19,20). The van der Waals surface area contributed by atoms with Gasteiger partial charge in [-0.15, -0.1) is 0 Å². The largest absolute Gasteiger partial charge is 0.478 e. The molecule has 1 heterocycles. The SMILES string of the molecule is Cc1ccc(C(=O)O)cc1N1C(=O)CC(C)(C(C)C)C1=O. The molecule has 2 rings (SSSR count). The quantitative estimate of drug-likeness (QED) is 0.868. The van der Waals surface area contributed by atoms with Gasteiger partial charge in [0, 0.05) is 6.42 Å². The Morgan fingerprint density at radius 2 is 1.95 bits per heavy atom. The second-order valence-corrected chi connectivity index (χ2v) is 6.09. The molecule has 1 N–H and O–H groups in total. The summed E-state index contributed by atoms with van der Waals surface area (Å²) >= 11 is 0. The number of benzene rings is 1. The van der Waals surface area contributed by atoms with Crippen molar-refractivity contribution in [2.45, 2.75) is 34.1 Å². The number of hydrogen-bond donors (Lipinski definition) is 1. The zero-order valence-electron chi connectivity index (χ0n) is 12.6. The van der Waals surface area contributed by atoms with Crippen molar-refractivity contribution in [1.82, 2.24) is 0 Å². The highest BCUT2D eigenvalue weighted by Gasteiger charge is 2.50. The van der Waals surface area contributed by atoms with Gasteiger partial charge >= 0.3 is 5.97 Å². The molecule has 1 unspecified atom stereocenters. The summed E-state index contributed by atoms with van der Waals surface area (Å²) < 4.78 is 0. The van der Waals surface area contributed by atoms with E-state index in [2.05, 4.69) is 0 Å². The molecular formula is C16H19NO4. The summed E-state index contributed by atoms with van der Waals surface area (Å²) in [6, 6.07) is 4.47. The van der Waals surface area contributed by atoms with Gasteiger partial charge in [0.25, 0.3) is 0 Å². The molecule has 1 aromatic rings. The number of imide groups is 1. The molecule has 0 spiro atoms. The number of aryl methyl sites for hydroxylation is 1. The third kappa shape index (κ3) is 2.33. The first-order valence-corrected chi connectivity index (χ1v) is 6.90. The molecule has 112 valence electrons. The van der Waals surface area contributed by atoms with E-state index in [1.165, 1.54) is 12.1 Å². The van der Waals surface area contributed by atoms with Gasteiger partial charge in [-0.2, -0.15) is 0 Å². The molecule has 1 saturated heterocycles. The van der Waals surface area contributed by atoms with Crippen molar-refractivity contribution in [1.29, 1.82) is 0 Å². The predicted octanol–water partition coefficient (Wildman–Crippen LogP) is 2.62. The Balaban J connectivity index is 2.52. The number of anilines is 1. The number of rotatable bonds is 3. The molecule has 1 aliphatic rings. The molecular weight excluding hydrogens is 270 g/mol. The molecule has 0 aliphatic carbocycles. The molecule has 1 aliphatic heterocycles. The molecule has 1 aromatic carbocycles. The smallest absolute Gasteiger partial charge is 0.335 e. The van der Waals surface area contributed by atoms with Crippen molar-refractivity contribution >= 4 is 23.5 Å². The van der Waals surface area contributed by atoms with Gasteiger partial charge in [-0.25, -0.2) is 9.69 Å². The van der Waals surface area contributed by atoms with Crippen LogP contribution >= 0.6 is 0 Å². The van der Waals surface area contributed by atoms with E-state index in [9.17, 15) is 14.4 Å². The van der Waals surface area contributed by atoms with Crippen molar-refractivity contribution in [2.24, 2.45) is 11.3 Å². The van der Waals surface area contributed by atoms with Crippen molar-refractivity contribution in [3.63, 3.8) is 0 Å². The van der Waals surface area contributed by atoms with E-state index in [1.807, 2.05) is 13.8 Å². The van der Waals surface area contributed by atoms with Crippen LogP contribution < -0.4 is 4.90 Å². The third-order valence-electron chi connectivity index (χ3n) is 4.43. The fourth-order valence-electron chi connectivity index (χ4n) is 2.52. The number of amides is 2. The topological polar surface area (TPSA) is 74.7 Å². The first-order valence-electron chi connectivity index (χ1n) is 6.90. The number of carbonyl (C=O) groups excluding carboxylic acids is 2. The Labute approximate surface area is 123 Å². The summed E-state index contributed by atoms with van der Waals surface area (Å²) in [5, 5.41) is 9.08. The molecule has 5 heteroatoms. The second-order valence-electron chi connectivity index (χ2n) is 6.09. The summed E-state index contributed by atoms with van der Waals surface area (Å²) in [7, 11) is 0. The van der Waals surface area contributed by atoms with E-state index in [4.69, 9.17) is 5.11 Å². The Morgan fingerprint density at radius 1 is 1.33 bits per heavy atom. The lowest BCUT2D eigenvalue weighted by atomic mass is 9.78. The van der Waals surface area contributed by atoms with Crippen LogP contribution in [-0.4, -0.2) is 22.9 Å². The molecule has 0 aromatic heterocycles. The average molecular weight is 289 g/mol. The van der Waals surface area contributed by atoms with Gasteiger partial charge in [-0.05, 0) is 37.5 Å². The minimum Gasteiger partial charge on any atom is -0.478 e. The van der Waals surface area contributed by atoms with Gasteiger partial charge in [-0.3, -0.25) is 9.59 Å². The lowest BCUT2D eigenvalue weighted by molar-refractivity contribution is -0.126. The Bertz CT molecular complexity index is 635. The molecule has 2 amide bonds. The third-order valence-corrected chi connectivity index (χ3v) is 4.43. The normalized spacial score (nSPS) is 22.2. The van der Waals surface area contributed by atoms with Crippen LogP contribution in [0, 0.1) is 18.3 Å². The number of nitrogens with zero attached hydrogens (tertiary/aromatic N) is 1. The Morgan fingerprint density at radius 3 is 2.43 bits per heavy atom. The molecule has 0 bridgehead atoms. The number of carbonyl (C=O) groups is 3. The van der Waals surface area contributed by atoms with Crippen LogP contribution in [0.2, 0.25) is 0 Å². The zero-order valence-corrected chi connectivity index (χ0v) is 12.6. The van der Waals surface area contributed by atoms with Crippen LogP contribution in [0.5, 0.6) is 0 Å². The maximum absolute atomic E-state index is 12.7. The minimum absolute atomic E-state index is 0.0295.